The zero-order valence-corrected chi connectivity index (χ0v) is 14.0. The standard InChI is InChI=1S/C16H19ClN2OS/c1-10(2)8-15(20)18-9-14-11(3)19-16(21-14)12-6-4-5-7-13(12)17/h4-7,10H,8-9H2,1-3H3,(H,18,20). The number of carbonyl (C=O) groups is 1. The Labute approximate surface area is 134 Å². The van der Waals surface area contributed by atoms with Crippen molar-refractivity contribution in [2.45, 2.75) is 33.7 Å². The Bertz CT molecular complexity index is 637. The average Bonchev–Trinajstić information content (AvgIpc) is 2.77. The van der Waals surface area contributed by atoms with E-state index in [2.05, 4.69) is 10.3 Å². The molecular weight excluding hydrogens is 304 g/mol. The molecule has 2 aromatic rings. The van der Waals surface area contributed by atoms with E-state index in [-0.39, 0.29) is 5.91 Å². The lowest BCUT2D eigenvalue weighted by molar-refractivity contribution is -0.121. The van der Waals surface area contributed by atoms with Crippen molar-refractivity contribution >= 4 is 28.8 Å². The third kappa shape index (κ3) is 4.29. The molecule has 5 heteroatoms. The van der Waals surface area contributed by atoms with E-state index in [4.69, 9.17) is 11.6 Å². The number of nitrogens with one attached hydrogen (secondary N) is 1. The number of rotatable bonds is 5. The summed E-state index contributed by atoms with van der Waals surface area (Å²) in [5.41, 5.74) is 1.88. The first kappa shape index (κ1) is 16.0. The van der Waals surface area contributed by atoms with Crippen LogP contribution >= 0.6 is 22.9 Å². The van der Waals surface area contributed by atoms with Crippen molar-refractivity contribution in [3.05, 3.63) is 39.9 Å². The SMILES string of the molecule is Cc1nc(-c2ccccc2Cl)sc1CNC(=O)CC(C)C. The fraction of sp³-hybridized carbons (Fsp3) is 0.375. The second kappa shape index (κ2) is 7.05. The Morgan fingerprint density at radius 2 is 2.10 bits per heavy atom. The predicted molar refractivity (Wildman–Crippen MR) is 88.6 cm³/mol. The molecule has 2 rings (SSSR count). The van der Waals surface area contributed by atoms with Gasteiger partial charge in [-0.1, -0.05) is 43.6 Å². The maximum Gasteiger partial charge on any atom is 0.220 e. The Hall–Kier alpha value is -1.39. The normalized spacial score (nSPS) is 10.9. The van der Waals surface area contributed by atoms with Gasteiger partial charge in [-0.3, -0.25) is 4.79 Å². The molecule has 0 radical (unpaired) electrons. The third-order valence-electron chi connectivity index (χ3n) is 3.04. The molecule has 1 heterocycles. The van der Waals surface area contributed by atoms with Gasteiger partial charge in [0.25, 0.3) is 0 Å². The number of benzene rings is 1. The van der Waals surface area contributed by atoms with Crippen molar-refractivity contribution in [2.24, 2.45) is 5.92 Å². The van der Waals surface area contributed by atoms with Gasteiger partial charge in [0.15, 0.2) is 0 Å². The maximum atomic E-state index is 11.7. The van der Waals surface area contributed by atoms with E-state index in [1.54, 1.807) is 11.3 Å². The van der Waals surface area contributed by atoms with Gasteiger partial charge in [-0.15, -0.1) is 11.3 Å². The van der Waals surface area contributed by atoms with Crippen molar-refractivity contribution in [3.63, 3.8) is 0 Å². The van der Waals surface area contributed by atoms with Crippen LogP contribution in [0.3, 0.4) is 0 Å². The number of hydrogen-bond acceptors (Lipinski definition) is 3. The van der Waals surface area contributed by atoms with Crippen molar-refractivity contribution in [1.29, 1.82) is 0 Å². The van der Waals surface area contributed by atoms with E-state index < -0.39 is 0 Å². The lowest BCUT2D eigenvalue weighted by atomic mass is 10.1. The van der Waals surface area contributed by atoms with Gasteiger partial charge in [0.2, 0.25) is 5.91 Å². The summed E-state index contributed by atoms with van der Waals surface area (Å²) in [6, 6.07) is 7.67. The molecule has 0 aliphatic carbocycles. The van der Waals surface area contributed by atoms with Crippen molar-refractivity contribution in [1.82, 2.24) is 10.3 Å². The Kier molecular flexibility index (Phi) is 5.37. The van der Waals surface area contributed by atoms with Crippen molar-refractivity contribution in [2.75, 3.05) is 0 Å². The third-order valence-corrected chi connectivity index (χ3v) is 4.56. The summed E-state index contributed by atoms with van der Waals surface area (Å²) < 4.78 is 0. The van der Waals surface area contributed by atoms with Crippen LogP contribution in [0.25, 0.3) is 10.6 Å². The second-order valence-electron chi connectivity index (χ2n) is 5.38. The lowest BCUT2D eigenvalue weighted by Gasteiger charge is -2.05. The van der Waals surface area contributed by atoms with Crippen LogP contribution < -0.4 is 5.32 Å². The van der Waals surface area contributed by atoms with Gasteiger partial charge in [-0.05, 0) is 18.9 Å². The fourth-order valence-electron chi connectivity index (χ4n) is 1.96. The first-order valence-electron chi connectivity index (χ1n) is 6.95. The Morgan fingerprint density at radius 1 is 1.38 bits per heavy atom. The van der Waals surface area contributed by atoms with E-state index >= 15 is 0 Å². The molecule has 0 aliphatic heterocycles. The molecule has 0 unspecified atom stereocenters. The van der Waals surface area contributed by atoms with Gasteiger partial charge in [0, 0.05) is 16.9 Å². The molecule has 0 spiro atoms. The molecule has 1 aromatic heterocycles. The zero-order valence-electron chi connectivity index (χ0n) is 12.4. The van der Waals surface area contributed by atoms with E-state index in [1.165, 1.54) is 0 Å². The monoisotopic (exact) mass is 322 g/mol. The smallest absolute Gasteiger partial charge is 0.220 e. The van der Waals surface area contributed by atoms with Gasteiger partial charge in [0.05, 0.1) is 17.3 Å². The van der Waals surface area contributed by atoms with Crippen LogP contribution in [0.1, 0.15) is 30.8 Å². The number of aryl methyl sites for hydroxylation is 1. The van der Waals surface area contributed by atoms with Crippen LogP contribution in [-0.4, -0.2) is 10.9 Å². The molecule has 1 amide bonds. The highest BCUT2D eigenvalue weighted by molar-refractivity contribution is 7.15. The lowest BCUT2D eigenvalue weighted by Crippen LogP contribution is -2.23. The van der Waals surface area contributed by atoms with Gasteiger partial charge in [-0.2, -0.15) is 0 Å². The van der Waals surface area contributed by atoms with Gasteiger partial charge in [0.1, 0.15) is 5.01 Å². The molecule has 0 bridgehead atoms. The van der Waals surface area contributed by atoms with E-state index in [9.17, 15) is 4.79 Å². The molecule has 112 valence electrons. The minimum absolute atomic E-state index is 0.0806. The number of carbonyl (C=O) groups excluding carboxylic acids is 1. The predicted octanol–water partition coefficient (Wildman–Crippen LogP) is 4.43. The molecule has 1 N–H and O–H groups in total. The summed E-state index contributed by atoms with van der Waals surface area (Å²) in [6.07, 6.45) is 0.551. The minimum Gasteiger partial charge on any atom is -0.351 e. The number of hydrogen-bond donors (Lipinski definition) is 1. The number of amides is 1. The van der Waals surface area contributed by atoms with Crippen LogP contribution in [0, 0.1) is 12.8 Å². The highest BCUT2D eigenvalue weighted by atomic mass is 35.5. The number of aromatic nitrogens is 1. The van der Waals surface area contributed by atoms with Gasteiger partial charge in [-0.25, -0.2) is 4.98 Å². The largest absolute Gasteiger partial charge is 0.351 e. The summed E-state index contributed by atoms with van der Waals surface area (Å²) in [5.74, 6) is 0.448. The molecule has 0 fully saturated rings. The molecule has 1 aromatic carbocycles. The fourth-order valence-corrected chi connectivity index (χ4v) is 3.29. The highest BCUT2D eigenvalue weighted by Gasteiger charge is 2.13. The summed E-state index contributed by atoms with van der Waals surface area (Å²) in [7, 11) is 0. The molecule has 3 nitrogen and oxygen atoms in total. The number of halogens is 1. The van der Waals surface area contributed by atoms with E-state index in [1.807, 2.05) is 45.0 Å². The van der Waals surface area contributed by atoms with E-state index in [0.717, 1.165) is 21.1 Å². The Morgan fingerprint density at radius 3 is 2.76 bits per heavy atom. The molecular formula is C16H19ClN2OS. The Balaban J connectivity index is 2.10. The minimum atomic E-state index is 0.0806. The van der Waals surface area contributed by atoms with Crippen molar-refractivity contribution < 1.29 is 4.79 Å². The van der Waals surface area contributed by atoms with Gasteiger partial charge < -0.3 is 5.32 Å². The average molecular weight is 323 g/mol. The topological polar surface area (TPSA) is 42.0 Å². The number of nitrogens with zero attached hydrogens (tertiary/aromatic N) is 1. The van der Waals surface area contributed by atoms with E-state index in [0.29, 0.717) is 23.9 Å². The molecule has 0 aliphatic rings. The highest BCUT2D eigenvalue weighted by Crippen LogP contribution is 2.32. The molecule has 0 atom stereocenters. The van der Waals surface area contributed by atoms with Crippen LogP contribution in [0.4, 0.5) is 0 Å². The van der Waals surface area contributed by atoms with Crippen LogP contribution in [-0.2, 0) is 11.3 Å². The summed E-state index contributed by atoms with van der Waals surface area (Å²) in [5, 5.41) is 4.54. The van der Waals surface area contributed by atoms with Crippen LogP contribution in [0.15, 0.2) is 24.3 Å². The first-order valence-corrected chi connectivity index (χ1v) is 8.14. The molecule has 0 saturated carbocycles. The zero-order chi connectivity index (χ0) is 15.4. The quantitative estimate of drug-likeness (QED) is 0.884. The van der Waals surface area contributed by atoms with Gasteiger partial charge >= 0.3 is 0 Å². The summed E-state index contributed by atoms with van der Waals surface area (Å²) in [6.45, 7) is 6.56. The first-order chi connectivity index (χ1) is 9.97. The molecule has 21 heavy (non-hydrogen) atoms. The second-order valence-corrected chi connectivity index (χ2v) is 6.87. The van der Waals surface area contributed by atoms with Crippen LogP contribution in [0.2, 0.25) is 5.02 Å². The summed E-state index contributed by atoms with van der Waals surface area (Å²) in [4.78, 5) is 17.4. The van der Waals surface area contributed by atoms with Crippen molar-refractivity contribution in [3.8, 4) is 10.6 Å². The number of thiazole rings is 1. The molecule has 0 saturated heterocycles. The summed E-state index contributed by atoms with van der Waals surface area (Å²) >= 11 is 7.78. The van der Waals surface area contributed by atoms with Crippen LogP contribution in [0.5, 0.6) is 0 Å². The maximum absolute atomic E-state index is 11.7.